The molecule has 2 fully saturated rings. The first-order valence-electron chi connectivity index (χ1n) is 6.57. The third-order valence-corrected chi connectivity index (χ3v) is 4.68. The average Bonchev–Trinajstić information content (AvgIpc) is 2.58. The molecular formula is C14H18ClFN2. The Morgan fingerprint density at radius 3 is 2.56 bits per heavy atom. The fourth-order valence-electron chi connectivity index (χ4n) is 3.35. The van der Waals surface area contributed by atoms with Gasteiger partial charge in [-0.1, -0.05) is 11.6 Å². The maximum absolute atomic E-state index is 13.1. The molecule has 2 aliphatic rings. The smallest absolute Gasteiger partial charge is 0.141 e. The summed E-state index contributed by atoms with van der Waals surface area (Å²) in [4.78, 5) is 2.51. The summed E-state index contributed by atoms with van der Waals surface area (Å²) >= 11 is 5.80. The summed E-state index contributed by atoms with van der Waals surface area (Å²) in [5.41, 5.74) is 0.926. The molecular weight excluding hydrogens is 251 g/mol. The maximum atomic E-state index is 13.1. The molecule has 1 N–H and O–H groups in total. The Bertz CT molecular complexity index is 437. The van der Waals surface area contributed by atoms with E-state index < -0.39 is 0 Å². The highest BCUT2D eigenvalue weighted by molar-refractivity contribution is 6.31. The summed E-state index contributed by atoms with van der Waals surface area (Å²) in [6, 6.07) is 6.77. The average molecular weight is 269 g/mol. The molecule has 2 aliphatic heterocycles. The Labute approximate surface area is 112 Å². The number of halogens is 2. The molecule has 2 bridgehead atoms. The van der Waals surface area contributed by atoms with Gasteiger partial charge in [0.2, 0.25) is 0 Å². The van der Waals surface area contributed by atoms with Gasteiger partial charge in [0.25, 0.3) is 0 Å². The minimum absolute atomic E-state index is 0.191. The van der Waals surface area contributed by atoms with Crippen LogP contribution >= 0.6 is 11.6 Å². The lowest BCUT2D eigenvalue weighted by molar-refractivity contribution is 0.169. The molecule has 0 aromatic heterocycles. The van der Waals surface area contributed by atoms with Gasteiger partial charge in [-0.05, 0) is 50.9 Å². The van der Waals surface area contributed by atoms with E-state index in [0.717, 1.165) is 5.69 Å². The van der Waals surface area contributed by atoms with Crippen molar-refractivity contribution in [2.24, 2.45) is 0 Å². The Balaban J connectivity index is 1.68. The minimum atomic E-state index is -0.356. The van der Waals surface area contributed by atoms with Crippen LogP contribution in [0, 0.1) is 5.82 Å². The van der Waals surface area contributed by atoms with E-state index in [9.17, 15) is 4.39 Å². The van der Waals surface area contributed by atoms with E-state index in [1.54, 1.807) is 12.1 Å². The summed E-state index contributed by atoms with van der Waals surface area (Å²) < 4.78 is 13.1. The first-order valence-corrected chi connectivity index (χ1v) is 6.95. The molecule has 2 unspecified atom stereocenters. The largest absolute Gasteiger partial charge is 0.382 e. The van der Waals surface area contributed by atoms with Crippen molar-refractivity contribution in [1.82, 2.24) is 4.90 Å². The van der Waals surface area contributed by atoms with E-state index in [2.05, 4.69) is 17.3 Å². The Morgan fingerprint density at radius 1 is 1.28 bits per heavy atom. The molecule has 2 saturated heterocycles. The lowest BCUT2D eigenvalue weighted by atomic mass is 9.98. The Morgan fingerprint density at radius 2 is 1.94 bits per heavy atom. The van der Waals surface area contributed by atoms with Gasteiger partial charge >= 0.3 is 0 Å². The fraction of sp³-hybridized carbons (Fsp3) is 0.571. The second-order valence-corrected chi connectivity index (χ2v) is 5.90. The van der Waals surface area contributed by atoms with Gasteiger partial charge in [0.05, 0.1) is 5.02 Å². The number of hydrogen-bond donors (Lipinski definition) is 1. The Hall–Kier alpha value is -0.800. The number of nitrogens with zero attached hydrogens (tertiary/aromatic N) is 1. The van der Waals surface area contributed by atoms with E-state index in [-0.39, 0.29) is 10.8 Å². The SMILES string of the molecule is CN1C2CCC1CC(Nc1ccc(F)c(Cl)c1)C2. The van der Waals surface area contributed by atoms with Gasteiger partial charge in [0.15, 0.2) is 0 Å². The van der Waals surface area contributed by atoms with Gasteiger partial charge in [-0.15, -0.1) is 0 Å². The van der Waals surface area contributed by atoms with Crippen LogP contribution in [-0.4, -0.2) is 30.1 Å². The lowest BCUT2D eigenvalue weighted by Gasteiger charge is -2.37. The number of piperidine rings is 1. The normalized spacial score (nSPS) is 31.6. The van der Waals surface area contributed by atoms with Crippen molar-refractivity contribution in [3.63, 3.8) is 0 Å². The first-order chi connectivity index (χ1) is 8.63. The molecule has 2 nitrogen and oxygen atoms in total. The quantitative estimate of drug-likeness (QED) is 0.883. The number of rotatable bonds is 2. The molecule has 2 heterocycles. The predicted octanol–water partition coefficient (Wildman–Crippen LogP) is 3.52. The highest BCUT2D eigenvalue weighted by Crippen LogP contribution is 2.35. The van der Waals surface area contributed by atoms with Crippen LogP contribution in [0.25, 0.3) is 0 Å². The van der Waals surface area contributed by atoms with Crippen LogP contribution in [0.5, 0.6) is 0 Å². The summed E-state index contributed by atoms with van der Waals surface area (Å²) in [5.74, 6) is -0.356. The van der Waals surface area contributed by atoms with Crippen molar-refractivity contribution < 1.29 is 4.39 Å². The number of benzene rings is 1. The summed E-state index contributed by atoms with van der Waals surface area (Å²) in [5, 5.41) is 3.68. The number of nitrogens with one attached hydrogen (secondary N) is 1. The number of anilines is 1. The van der Waals surface area contributed by atoms with Crippen LogP contribution < -0.4 is 5.32 Å². The molecule has 3 rings (SSSR count). The Kier molecular flexibility index (Phi) is 3.20. The molecule has 0 spiro atoms. The van der Waals surface area contributed by atoms with Crippen LogP contribution in [-0.2, 0) is 0 Å². The van der Waals surface area contributed by atoms with Crippen LogP contribution in [0.2, 0.25) is 5.02 Å². The molecule has 1 aromatic rings. The minimum Gasteiger partial charge on any atom is -0.382 e. The van der Waals surface area contributed by atoms with Gasteiger partial charge in [0.1, 0.15) is 5.82 Å². The molecule has 98 valence electrons. The molecule has 2 atom stereocenters. The van der Waals surface area contributed by atoms with E-state index in [0.29, 0.717) is 18.1 Å². The van der Waals surface area contributed by atoms with Crippen molar-refractivity contribution >= 4 is 17.3 Å². The highest BCUT2D eigenvalue weighted by atomic mass is 35.5. The van der Waals surface area contributed by atoms with Gasteiger partial charge in [-0.25, -0.2) is 4.39 Å². The topological polar surface area (TPSA) is 15.3 Å². The third kappa shape index (κ3) is 2.21. The van der Waals surface area contributed by atoms with E-state index >= 15 is 0 Å². The second kappa shape index (κ2) is 4.71. The van der Waals surface area contributed by atoms with Crippen LogP contribution in [0.1, 0.15) is 25.7 Å². The van der Waals surface area contributed by atoms with Crippen molar-refractivity contribution in [1.29, 1.82) is 0 Å². The highest BCUT2D eigenvalue weighted by Gasteiger charge is 2.38. The van der Waals surface area contributed by atoms with Crippen molar-refractivity contribution in [2.75, 3.05) is 12.4 Å². The van der Waals surface area contributed by atoms with Crippen LogP contribution in [0.4, 0.5) is 10.1 Å². The molecule has 0 radical (unpaired) electrons. The zero-order valence-electron chi connectivity index (χ0n) is 10.5. The first kappa shape index (κ1) is 12.2. The predicted molar refractivity (Wildman–Crippen MR) is 72.6 cm³/mol. The summed E-state index contributed by atoms with van der Waals surface area (Å²) in [6.45, 7) is 0. The van der Waals surface area contributed by atoms with E-state index in [1.807, 2.05) is 0 Å². The molecule has 4 heteroatoms. The lowest BCUT2D eigenvalue weighted by Crippen LogP contribution is -2.44. The zero-order valence-corrected chi connectivity index (χ0v) is 11.3. The van der Waals surface area contributed by atoms with Crippen LogP contribution in [0.3, 0.4) is 0 Å². The molecule has 18 heavy (non-hydrogen) atoms. The van der Waals surface area contributed by atoms with Crippen molar-refractivity contribution in [2.45, 2.75) is 43.8 Å². The number of hydrogen-bond acceptors (Lipinski definition) is 2. The van der Waals surface area contributed by atoms with Crippen LogP contribution in [0.15, 0.2) is 18.2 Å². The maximum Gasteiger partial charge on any atom is 0.141 e. The standard InChI is InChI=1S/C14H18ClFN2/c1-18-11-3-4-12(18)7-10(6-11)17-9-2-5-14(16)13(15)8-9/h2,5,8,10-12,17H,3-4,6-7H2,1H3. The van der Waals surface area contributed by atoms with E-state index in [1.165, 1.54) is 31.7 Å². The van der Waals surface area contributed by atoms with E-state index in [4.69, 9.17) is 11.6 Å². The van der Waals surface area contributed by atoms with Gasteiger partial charge in [-0.2, -0.15) is 0 Å². The summed E-state index contributed by atoms with van der Waals surface area (Å²) in [6.07, 6.45) is 4.96. The fourth-order valence-corrected chi connectivity index (χ4v) is 3.53. The number of fused-ring (bicyclic) bond motifs is 2. The molecule has 1 aromatic carbocycles. The van der Waals surface area contributed by atoms with Crippen molar-refractivity contribution in [3.8, 4) is 0 Å². The van der Waals surface area contributed by atoms with Crippen molar-refractivity contribution in [3.05, 3.63) is 29.0 Å². The molecule has 0 amide bonds. The molecule has 0 saturated carbocycles. The van der Waals surface area contributed by atoms with Gasteiger partial charge in [-0.3, -0.25) is 0 Å². The van der Waals surface area contributed by atoms with Gasteiger partial charge in [0, 0.05) is 23.8 Å². The molecule has 0 aliphatic carbocycles. The monoisotopic (exact) mass is 268 g/mol. The van der Waals surface area contributed by atoms with Gasteiger partial charge < -0.3 is 10.2 Å². The zero-order chi connectivity index (χ0) is 12.7. The summed E-state index contributed by atoms with van der Waals surface area (Å²) in [7, 11) is 2.23. The second-order valence-electron chi connectivity index (χ2n) is 5.49. The third-order valence-electron chi connectivity index (χ3n) is 4.39.